The van der Waals surface area contributed by atoms with Gasteiger partial charge in [0.05, 0.1) is 12.0 Å². The molecule has 132 valence electrons. The van der Waals surface area contributed by atoms with Crippen LogP contribution in [0.3, 0.4) is 0 Å². The predicted octanol–water partition coefficient (Wildman–Crippen LogP) is 5.44. The largest absolute Gasteiger partial charge is 0.490 e. The normalized spacial score (nSPS) is 20.1. The van der Waals surface area contributed by atoms with E-state index in [1.54, 1.807) is 0 Å². The van der Waals surface area contributed by atoms with Crippen LogP contribution in [0.4, 0.5) is 0 Å². The number of esters is 1. The van der Waals surface area contributed by atoms with Crippen molar-refractivity contribution < 1.29 is 14.3 Å². The predicted molar refractivity (Wildman–Crippen MR) is 101 cm³/mol. The quantitative estimate of drug-likeness (QED) is 0.624. The van der Waals surface area contributed by atoms with Gasteiger partial charge >= 0.3 is 5.97 Å². The van der Waals surface area contributed by atoms with Gasteiger partial charge in [0.25, 0.3) is 0 Å². The van der Waals surface area contributed by atoms with Gasteiger partial charge in [-0.2, -0.15) is 0 Å². The molecule has 1 saturated carbocycles. The Bertz CT molecular complexity index is 706. The van der Waals surface area contributed by atoms with Gasteiger partial charge in [-0.15, -0.1) is 0 Å². The lowest BCUT2D eigenvalue weighted by atomic mass is 9.87. The molecule has 0 aromatic heterocycles. The first-order valence-corrected chi connectivity index (χ1v) is 9.54. The fourth-order valence-corrected chi connectivity index (χ4v) is 3.66. The van der Waals surface area contributed by atoms with Gasteiger partial charge in [-0.1, -0.05) is 46.3 Å². The Morgan fingerprint density at radius 1 is 1.08 bits per heavy atom. The van der Waals surface area contributed by atoms with E-state index in [0.29, 0.717) is 6.61 Å². The van der Waals surface area contributed by atoms with Gasteiger partial charge in [0.15, 0.2) is 0 Å². The molecule has 3 nitrogen and oxygen atoms in total. The zero-order valence-corrected chi connectivity index (χ0v) is 16.0. The molecule has 25 heavy (non-hydrogen) atoms. The number of aryl methyl sites for hydroxylation is 1. The molecule has 1 aliphatic carbocycles. The van der Waals surface area contributed by atoms with Gasteiger partial charge in [0, 0.05) is 4.47 Å². The van der Waals surface area contributed by atoms with Gasteiger partial charge in [-0.05, 0) is 61.9 Å². The van der Waals surface area contributed by atoms with Gasteiger partial charge in [-0.25, -0.2) is 0 Å². The van der Waals surface area contributed by atoms with Crippen molar-refractivity contribution in [3.05, 3.63) is 64.1 Å². The minimum atomic E-state index is -0.0814. The Morgan fingerprint density at radius 2 is 1.80 bits per heavy atom. The summed E-state index contributed by atoms with van der Waals surface area (Å²) in [5, 5.41) is 0. The molecule has 0 aliphatic heterocycles. The van der Waals surface area contributed by atoms with E-state index in [-0.39, 0.29) is 18.0 Å². The van der Waals surface area contributed by atoms with E-state index in [0.717, 1.165) is 47.0 Å². The lowest BCUT2D eigenvalue weighted by Crippen LogP contribution is -2.29. The monoisotopic (exact) mass is 402 g/mol. The van der Waals surface area contributed by atoms with E-state index in [9.17, 15) is 4.79 Å². The summed E-state index contributed by atoms with van der Waals surface area (Å²) in [7, 11) is 0. The van der Waals surface area contributed by atoms with Gasteiger partial charge < -0.3 is 9.47 Å². The number of halogens is 1. The Labute approximate surface area is 157 Å². The van der Waals surface area contributed by atoms with Crippen LogP contribution in [0.2, 0.25) is 0 Å². The SMILES string of the molecule is Cc1cc(Br)ccc1O[C@H]1CC[C@H](C(=O)OCc2ccccc2)CC1. The molecule has 4 heteroatoms. The van der Waals surface area contributed by atoms with Crippen LogP contribution < -0.4 is 4.74 Å². The van der Waals surface area contributed by atoms with Crippen LogP contribution in [0.15, 0.2) is 53.0 Å². The Morgan fingerprint density at radius 3 is 2.48 bits per heavy atom. The van der Waals surface area contributed by atoms with Crippen molar-refractivity contribution in [1.29, 1.82) is 0 Å². The first-order chi connectivity index (χ1) is 12.1. The topological polar surface area (TPSA) is 35.5 Å². The Balaban J connectivity index is 1.45. The minimum Gasteiger partial charge on any atom is -0.490 e. The second kappa shape index (κ2) is 8.52. The second-order valence-electron chi connectivity index (χ2n) is 6.59. The maximum Gasteiger partial charge on any atom is 0.309 e. The smallest absolute Gasteiger partial charge is 0.309 e. The molecule has 2 aromatic rings. The van der Waals surface area contributed by atoms with Crippen LogP contribution >= 0.6 is 15.9 Å². The summed E-state index contributed by atoms with van der Waals surface area (Å²) < 4.78 is 12.7. The highest BCUT2D eigenvalue weighted by atomic mass is 79.9. The molecule has 0 spiro atoms. The zero-order chi connectivity index (χ0) is 17.6. The molecule has 0 N–H and O–H groups in total. The van der Waals surface area contributed by atoms with Crippen LogP contribution in [0.1, 0.15) is 36.8 Å². The number of hydrogen-bond acceptors (Lipinski definition) is 3. The maximum atomic E-state index is 12.3. The lowest BCUT2D eigenvalue weighted by molar-refractivity contribution is -0.151. The number of hydrogen-bond donors (Lipinski definition) is 0. The molecule has 1 fully saturated rings. The van der Waals surface area contributed by atoms with Crippen molar-refractivity contribution in [3.63, 3.8) is 0 Å². The van der Waals surface area contributed by atoms with Crippen molar-refractivity contribution in [2.24, 2.45) is 5.92 Å². The van der Waals surface area contributed by atoms with Crippen LogP contribution in [-0.2, 0) is 16.1 Å². The molecule has 0 heterocycles. The first-order valence-electron chi connectivity index (χ1n) is 8.75. The third kappa shape index (κ3) is 5.08. The summed E-state index contributed by atoms with van der Waals surface area (Å²) >= 11 is 3.47. The van der Waals surface area contributed by atoms with Crippen LogP contribution in [-0.4, -0.2) is 12.1 Å². The summed E-state index contributed by atoms with van der Waals surface area (Å²) in [5.74, 6) is 0.843. The van der Waals surface area contributed by atoms with E-state index >= 15 is 0 Å². The number of carbonyl (C=O) groups is 1. The summed E-state index contributed by atoms with van der Waals surface area (Å²) in [6.07, 6.45) is 3.61. The molecule has 0 amide bonds. The third-order valence-electron chi connectivity index (χ3n) is 4.66. The second-order valence-corrected chi connectivity index (χ2v) is 7.51. The standard InChI is InChI=1S/C21H23BrO3/c1-15-13-18(22)9-12-20(15)25-19-10-7-17(8-11-19)21(23)24-14-16-5-3-2-4-6-16/h2-6,9,12-13,17,19H,7-8,10-11,14H2,1H3/t17-,19-. The maximum absolute atomic E-state index is 12.3. The fraction of sp³-hybridized carbons (Fsp3) is 0.381. The van der Waals surface area contributed by atoms with E-state index < -0.39 is 0 Å². The Hall–Kier alpha value is -1.81. The molecule has 3 rings (SSSR count). The first kappa shape index (κ1) is 18.0. The minimum absolute atomic E-state index is 0.00502. The summed E-state index contributed by atoms with van der Waals surface area (Å²) in [6.45, 7) is 2.40. The highest BCUT2D eigenvalue weighted by Crippen LogP contribution is 2.30. The number of rotatable bonds is 5. The van der Waals surface area contributed by atoms with E-state index in [4.69, 9.17) is 9.47 Å². The van der Waals surface area contributed by atoms with E-state index in [1.807, 2.05) is 49.4 Å². The molecule has 0 saturated heterocycles. The van der Waals surface area contributed by atoms with Gasteiger partial charge in [-0.3, -0.25) is 4.79 Å². The third-order valence-corrected chi connectivity index (χ3v) is 5.16. The number of carbonyl (C=O) groups excluding carboxylic acids is 1. The average molecular weight is 403 g/mol. The lowest BCUT2D eigenvalue weighted by Gasteiger charge is -2.28. The average Bonchev–Trinajstić information content (AvgIpc) is 2.63. The van der Waals surface area contributed by atoms with Gasteiger partial charge in [0.2, 0.25) is 0 Å². The summed E-state index contributed by atoms with van der Waals surface area (Å²) in [6, 6.07) is 15.9. The van der Waals surface area contributed by atoms with Crippen molar-refractivity contribution in [1.82, 2.24) is 0 Å². The molecular weight excluding hydrogens is 380 g/mol. The number of ether oxygens (including phenoxy) is 2. The fourth-order valence-electron chi connectivity index (χ4n) is 3.19. The zero-order valence-electron chi connectivity index (χ0n) is 14.4. The highest BCUT2D eigenvalue weighted by molar-refractivity contribution is 9.10. The van der Waals surface area contributed by atoms with E-state index in [1.165, 1.54) is 0 Å². The molecular formula is C21H23BrO3. The molecule has 2 aromatic carbocycles. The highest BCUT2D eigenvalue weighted by Gasteiger charge is 2.28. The molecule has 1 aliphatic rings. The van der Waals surface area contributed by atoms with Crippen molar-refractivity contribution in [2.45, 2.75) is 45.3 Å². The van der Waals surface area contributed by atoms with Crippen LogP contribution in [0.25, 0.3) is 0 Å². The van der Waals surface area contributed by atoms with Crippen molar-refractivity contribution in [2.75, 3.05) is 0 Å². The molecule has 0 radical (unpaired) electrons. The summed E-state index contributed by atoms with van der Waals surface area (Å²) in [4.78, 5) is 12.3. The van der Waals surface area contributed by atoms with Crippen molar-refractivity contribution in [3.8, 4) is 5.75 Å². The molecule has 0 atom stereocenters. The van der Waals surface area contributed by atoms with Crippen LogP contribution in [0, 0.1) is 12.8 Å². The van der Waals surface area contributed by atoms with Crippen molar-refractivity contribution >= 4 is 21.9 Å². The number of benzene rings is 2. The Kier molecular flexibility index (Phi) is 6.14. The van der Waals surface area contributed by atoms with E-state index in [2.05, 4.69) is 22.0 Å². The molecule has 0 unspecified atom stereocenters. The summed E-state index contributed by atoms with van der Waals surface area (Å²) in [5.41, 5.74) is 2.15. The molecule has 0 bridgehead atoms. The van der Waals surface area contributed by atoms with Crippen LogP contribution in [0.5, 0.6) is 5.75 Å². The van der Waals surface area contributed by atoms with Gasteiger partial charge in [0.1, 0.15) is 12.4 Å².